The van der Waals surface area contributed by atoms with Crippen LogP contribution in [0.1, 0.15) is 10.4 Å². The Balaban J connectivity index is 1.67. The molecule has 2 saturated heterocycles. The van der Waals surface area contributed by atoms with Gasteiger partial charge in [0.25, 0.3) is 5.91 Å². The van der Waals surface area contributed by atoms with E-state index in [1.54, 1.807) is 25.1 Å². The monoisotopic (exact) mass is 437 g/mol. The van der Waals surface area contributed by atoms with E-state index in [0.29, 0.717) is 32.7 Å². The smallest absolute Gasteiger partial charge is 0.253 e. The Labute approximate surface area is 176 Å². The highest BCUT2D eigenvalue weighted by Gasteiger charge is 2.30. The number of benzene rings is 1. The van der Waals surface area contributed by atoms with Crippen molar-refractivity contribution in [3.05, 3.63) is 29.8 Å². The van der Waals surface area contributed by atoms with Crippen LogP contribution in [-0.2, 0) is 19.6 Å². The minimum Gasteiger partial charge on any atom is -0.354 e. The molecule has 2 aliphatic rings. The highest BCUT2D eigenvalue weighted by atomic mass is 32.2. The second-order valence-electron chi connectivity index (χ2n) is 7.57. The third kappa shape index (κ3) is 4.97. The molecule has 1 N–H and O–H groups in total. The van der Waals surface area contributed by atoms with Crippen LogP contribution in [-0.4, -0.2) is 112 Å². The maximum Gasteiger partial charge on any atom is 0.253 e. The molecule has 0 radical (unpaired) electrons. The van der Waals surface area contributed by atoms with Crippen LogP contribution in [0.25, 0.3) is 0 Å². The molecule has 0 unspecified atom stereocenters. The second kappa shape index (κ2) is 9.11. The number of amides is 3. The first-order valence-corrected chi connectivity index (χ1v) is 11.2. The maximum absolute atomic E-state index is 12.9. The highest BCUT2D eigenvalue weighted by Crippen LogP contribution is 2.19. The lowest BCUT2D eigenvalue weighted by molar-refractivity contribution is -0.130. The first kappa shape index (κ1) is 22.2. The summed E-state index contributed by atoms with van der Waals surface area (Å²) in [7, 11) is -0.445. The topological polar surface area (TPSA) is 110 Å². The van der Waals surface area contributed by atoms with E-state index >= 15 is 0 Å². The lowest BCUT2D eigenvalue weighted by Crippen LogP contribution is -2.51. The fourth-order valence-corrected chi connectivity index (χ4v) is 4.83. The van der Waals surface area contributed by atoms with Gasteiger partial charge in [-0.3, -0.25) is 19.3 Å². The van der Waals surface area contributed by atoms with Gasteiger partial charge in [0, 0.05) is 58.9 Å². The summed E-state index contributed by atoms with van der Waals surface area (Å²) in [5.74, 6) is -0.580. The molecule has 0 aromatic heterocycles. The third-order valence-electron chi connectivity index (χ3n) is 5.24. The van der Waals surface area contributed by atoms with Gasteiger partial charge in [-0.05, 0) is 18.2 Å². The average molecular weight is 438 g/mol. The lowest BCUT2D eigenvalue weighted by atomic mass is 10.2. The van der Waals surface area contributed by atoms with Crippen molar-refractivity contribution in [1.82, 2.24) is 24.3 Å². The molecule has 0 spiro atoms. The van der Waals surface area contributed by atoms with Crippen LogP contribution in [0.2, 0.25) is 0 Å². The summed E-state index contributed by atoms with van der Waals surface area (Å²) in [5.41, 5.74) is 0.287. The second-order valence-corrected chi connectivity index (χ2v) is 9.51. The zero-order chi connectivity index (χ0) is 21.9. The molecular formula is C19H27N5O5S. The van der Waals surface area contributed by atoms with Crippen LogP contribution in [0.5, 0.6) is 0 Å². The molecular weight excluding hydrogens is 410 g/mol. The van der Waals surface area contributed by atoms with Crippen molar-refractivity contribution in [1.29, 1.82) is 0 Å². The molecule has 0 atom stereocenters. The van der Waals surface area contributed by atoms with Crippen LogP contribution in [0.4, 0.5) is 0 Å². The summed E-state index contributed by atoms with van der Waals surface area (Å²) < 4.78 is 26.8. The summed E-state index contributed by atoms with van der Waals surface area (Å²) in [5, 5.41) is 2.60. The van der Waals surface area contributed by atoms with Gasteiger partial charge in [-0.2, -0.15) is 4.31 Å². The molecule has 2 heterocycles. The van der Waals surface area contributed by atoms with E-state index in [4.69, 9.17) is 0 Å². The number of carbonyl (C=O) groups excluding carboxylic acids is 3. The predicted molar refractivity (Wildman–Crippen MR) is 109 cm³/mol. The van der Waals surface area contributed by atoms with Crippen LogP contribution in [0, 0.1) is 0 Å². The Morgan fingerprint density at radius 2 is 1.80 bits per heavy atom. The Morgan fingerprint density at radius 1 is 1.10 bits per heavy atom. The average Bonchev–Trinajstić information content (AvgIpc) is 2.73. The third-order valence-corrected chi connectivity index (χ3v) is 7.08. The van der Waals surface area contributed by atoms with E-state index in [0.717, 1.165) is 4.31 Å². The lowest BCUT2D eigenvalue weighted by Gasteiger charge is -2.34. The van der Waals surface area contributed by atoms with Gasteiger partial charge in [-0.15, -0.1) is 0 Å². The van der Waals surface area contributed by atoms with Gasteiger partial charge in [0.1, 0.15) is 0 Å². The number of hydrogen-bond donors (Lipinski definition) is 1. The molecule has 2 fully saturated rings. The normalized spacial score (nSPS) is 18.7. The van der Waals surface area contributed by atoms with Crippen LogP contribution in [0.3, 0.4) is 0 Å². The predicted octanol–water partition coefficient (Wildman–Crippen LogP) is -1.35. The number of hydrogen-bond acceptors (Lipinski definition) is 6. The molecule has 2 aliphatic heterocycles. The number of carbonyl (C=O) groups is 3. The first-order valence-electron chi connectivity index (χ1n) is 9.77. The molecule has 3 amide bonds. The van der Waals surface area contributed by atoms with E-state index in [1.807, 2.05) is 4.90 Å². The van der Waals surface area contributed by atoms with Gasteiger partial charge in [0.05, 0.1) is 18.0 Å². The van der Waals surface area contributed by atoms with Crippen molar-refractivity contribution in [2.24, 2.45) is 0 Å². The minimum absolute atomic E-state index is 0.00161. The van der Waals surface area contributed by atoms with E-state index in [1.165, 1.54) is 23.1 Å². The molecule has 3 rings (SSSR count). The summed E-state index contributed by atoms with van der Waals surface area (Å²) >= 11 is 0. The Morgan fingerprint density at radius 3 is 2.43 bits per heavy atom. The standard InChI is InChI=1S/C19H27N5O5S/c1-21(2)18(26)14-22-8-10-23(11-9-22)19(27)15-4-3-5-16(12-15)30(28,29)24-7-6-20-17(25)13-24/h3-5,12H,6-11,13-14H2,1-2H3,(H,20,25). The fraction of sp³-hybridized carbons (Fsp3) is 0.526. The molecule has 0 aliphatic carbocycles. The van der Waals surface area contributed by atoms with Gasteiger partial charge in [-0.25, -0.2) is 8.42 Å². The minimum atomic E-state index is -3.86. The van der Waals surface area contributed by atoms with E-state index in [-0.39, 0.29) is 47.8 Å². The number of rotatable bonds is 5. The van der Waals surface area contributed by atoms with Crippen molar-refractivity contribution < 1.29 is 22.8 Å². The zero-order valence-corrected chi connectivity index (χ0v) is 18.0. The number of nitrogens with one attached hydrogen (secondary N) is 1. The molecule has 10 nitrogen and oxygen atoms in total. The zero-order valence-electron chi connectivity index (χ0n) is 17.2. The molecule has 0 bridgehead atoms. The van der Waals surface area contributed by atoms with Crippen molar-refractivity contribution in [3.63, 3.8) is 0 Å². The van der Waals surface area contributed by atoms with Gasteiger partial charge in [0.2, 0.25) is 21.8 Å². The Bertz CT molecular complexity index is 925. The summed E-state index contributed by atoms with van der Waals surface area (Å²) in [6.45, 7) is 2.61. The van der Waals surface area contributed by atoms with E-state index in [9.17, 15) is 22.8 Å². The molecule has 164 valence electrons. The maximum atomic E-state index is 12.9. The van der Waals surface area contributed by atoms with E-state index in [2.05, 4.69) is 5.32 Å². The highest BCUT2D eigenvalue weighted by molar-refractivity contribution is 7.89. The number of likely N-dealkylation sites (N-methyl/N-ethyl adjacent to an activating group) is 1. The largest absolute Gasteiger partial charge is 0.354 e. The van der Waals surface area contributed by atoms with Crippen LogP contribution < -0.4 is 5.32 Å². The first-order chi connectivity index (χ1) is 14.2. The van der Waals surface area contributed by atoms with Crippen LogP contribution >= 0.6 is 0 Å². The summed E-state index contributed by atoms with van der Waals surface area (Å²) in [6.07, 6.45) is 0. The fourth-order valence-electron chi connectivity index (χ4n) is 3.38. The Kier molecular flexibility index (Phi) is 6.74. The van der Waals surface area contributed by atoms with Gasteiger partial charge >= 0.3 is 0 Å². The van der Waals surface area contributed by atoms with Crippen molar-refractivity contribution in [3.8, 4) is 0 Å². The summed E-state index contributed by atoms with van der Waals surface area (Å²) in [6, 6.07) is 5.93. The molecule has 1 aromatic carbocycles. The quantitative estimate of drug-likeness (QED) is 0.610. The molecule has 11 heteroatoms. The van der Waals surface area contributed by atoms with Crippen LogP contribution in [0.15, 0.2) is 29.2 Å². The molecule has 30 heavy (non-hydrogen) atoms. The number of piperazine rings is 2. The molecule has 1 aromatic rings. The van der Waals surface area contributed by atoms with Crippen molar-refractivity contribution in [2.45, 2.75) is 4.90 Å². The van der Waals surface area contributed by atoms with Gasteiger partial charge < -0.3 is 15.1 Å². The SMILES string of the molecule is CN(C)C(=O)CN1CCN(C(=O)c2cccc(S(=O)(=O)N3CCNC(=O)C3)c2)CC1. The molecule has 0 saturated carbocycles. The van der Waals surface area contributed by atoms with Gasteiger partial charge in [-0.1, -0.05) is 6.07 Å². The Hall–Kier alpha value is -2.50. The number of sulfonamides is 1. The van der Waals surface area contributed by atoms with Crippen molar-refractivity contribution in [2.75, 3.05) is 66.5 Å². The van der Waals surface area contributed by atoms with E-state index < -0.39 is 10.0 Å². The number of nitrogens with zero attached hydrogens (tertiary/aromatic N) is 4. The summed E-state index contributed by atoms with van der Waals surface area (Å²) in [4.78, 5) is 41.5. The van der Waals surface area contributed by atoms with Gasteiger partial charge in [0.15, 0.2) is 0 Å². The van der Waals surface area contributed by atoms with Crippen molar-refractivity contribution >= 4 is 27.7 Å².